The topological polar surface area (TPSA) is 102 Å². The Bertz CT molecular complexity index is 922. The zero-order chi connectivity index (χ0) is 21.4. The van der Waals surface area contributed by atoms with E-state index in [0.717, 1.165) is 24.3 Å². The lowest BCUT2D eigenvalue weighted by molar-refractivity contribution is 0.0951. The molecule has 1 fully saturated rings. The molecule has 1 aliphatic heterocycles. The first-order chi connectivity index (χ1) is 14.4. The molecule has 8 heteroatoms. The van der Waals surface area contributed by atoms with Crippen molar-refractivity contribution in [1.82, 2.24) is 10.2 Å². The number of piperidine rings is 1. The Balaban J connectivity index is 1.41. The number of hydrogen-bond acceptors (Lipinski definition) is 5. The fourth-order valence-corrected chi connectivity index (χ4v) is 3.96. The largest absolute Gasteiger partial charge is 0.494 e. The van der Waals surface area contributed by atoms with E-state index in [9.17, 15) is 13.2 Å². The fraction of sp³-hybridized carbons (Fsp3) is 0.409. The molecule has 0 aliphatic carbocycles. The van der Waals surface area contributed by atoms with Crippen molar-refractivity contribution in [2.24, 2.45) is 5.14 Å². The number of hydrogen-bond donors (Lipinski definition) is 2. The molecular weight excluding hydrogens is 402 g/mol. The van der Waals surface area contributed by atoms with Crippen LogP contribution in [0.2, 0.25) is 0 Å². The van der Waals surface area contributed by atoms with Gasteiger partial charge in [0.05, 0.1) is 11.5 Å². The van der Waals surface area contributed by atoms with Gasteiger partial charge in [0.25, 0.3) is 5.91 Å². The summed E-state index contributed by atoms with van der Waals surface area (Å²) in [6, 6.07) is 13.2. The molecule has 0 atom stereocenters. The summed E-state index contributed by atoms with van der Waals surface area (Å²) in [6.07, 6.45) is 4.93. The van der Waals surface area contributed by atoms with Gasteiger partial charge in [-0.2, -0.15) is 0 Å². The Morgan fingerprint density at radius 3 is 2.30 bits per heavy atom. The number of likely N-dealkylation sites (tertiary alicyclic amines) is 1. The molecule has 3 N–H and O–H groups in total. The van der Waals surface area contributed by atoms with E-state index in [0.29, 0.717) is 18.7 Å². The van der Waals surface area contributed by atoms with Crippen molar-refractivity contribution in [2.75, 3.05) is 26.2 Å². The van der Waals surface area contributed by atoms with Crippen molar-refractivity contribution in [3.05, 3.63) is 59.7 Å². The summed E-state index contributed by atoms with van der Waals surface area (Å²) in [5, 5.41) is 7.90. The van der Waals surface area contributed by atoms with Gasteiger partial charge in [0.1, 0.15) is 5.75 Å². The maximum atomic E-state index is 12.3. The first-order valence-electron chi connectivity index (χ1n) is 10.3. The van der Waals surface area contributed by atoms with E-state index in [1.54, 1.807) is 36.4 Å². The summed E-state index contributed by atoms with van der Waals surface area (Å²) in [5.41, 5.74) is 1.32. The Morgan fingerprint density at radius 1 is 1.00 bits per heavy atom. The molecule has 1 amide bonds. The molecule has 0 bridgehead atoms. The van der Waals surface area contributed by atoms with Crippen LogP contribution in [0.3, 0.4) is 0 Å². The van der Waals surface area contributed by atoms with Crippen LogP contribution in [0.4, 0.5) is 0 Å². The van der Waals surface area contributed by atoms with Crippen molar-refractivity contribution < 1.29 is 17.9 Å². The highest BCUT2D eigenvalue weighted by Crippen LogP contribution is 2.14. The SMILES string of the molecule is NS(=O)(=O)c1ccc(CNC(=O)c2ccc(OCCCN3CCCCC3)cc2)cc1. The minimum atomic E-state index is -3.71. The van der Waals surface area contributed by atoms with Crippen LogP contribution in [0.25, 0.3) is 0 Å². The van der Waals surface area contributed by atoms with Crippen LogP contribution in [-0.4, -0.2) is 45.5 Å². The Morgan fingerprint density at radius 2 is 1.67 bits per heavy atom. The van der Waals surface area contributed by atoms with E-state index < -0.39 is 10.0 Å². The number of sulfonamides is 1. The van der Waals surface area contributed by atoms with Crippen molar-refractivity contribution in [3.8, 4) is 5.75 Å². The van der Waals surface area contributed by atoms with E-state index in [1.807, 2.05) is 0 Å². The Kier molecular flexibility index (Phi) is 7.84. The average molecular weight is 432 g/mol. The van der Waals surface area contributed by atoms with Crippen LogP contribution in [0.15, 0.2) is 53.4 Å². The highest BCUT2D eigenvalue weighted by molar-refractivity contribution is 7.89. The monoisotopic (exact) mass is 431 g/mol. The standard InChI is InChI=1S/C22H29N3O4S/c23-30(27,28)21-11-5-18(6-12-21)17-24-22(26)19-7-9-20(10-8-19)29-16-4-15-25-13-2-1-3-14-25/h5-12H,1-4,13-17H2,(H,24,26)(H2,23,27,28). The molecule has 0 aromatic heterocycles. The van der Waals surface area contributed by atoms with Crippen LogP contribution in [-0.2, 0) is 16.6 Å². The lowest BCUT2D eigenvalue weighted by Crippen LogP contribution is -2.31. The minimum absolute atomic E-state index is 0.0455. The molecule has 7 nitrogen and oxygen atoms in total. The lowest BCUT2D eigenvalue weighted by atomic mass is 10.1. The lowest BCUT2D eigenvalue weighted by Gasteiger charge is -2.26. The quantitative estimate of drug-likeness (QED) is 0.594. The van der Waals surface area contributed by atoms with Crippen molar-refractivity contribution in [2.45, 2.75) is 37.1 Å². The molecule has 1 saturated heterocycles. The van der Waals surface area contributed by atoms with Gasteiger partial charge in [-0.3, -0.25) is 4.79 Å². The second kappa shape index (κ2) is 10.6. The molecule has 0 unspecified atom stereocenters. The minimum Gasteiger partial charge on any atom is -0.494 e. The number of nitrogens with two attached hydrogens (primary N) is 1. The van der Waals surface area contributed by atoms with Gasteiger partial charge in [-0.05, 0) is 74.3 Å². The predicted octanol–water partition coefficient (Wildman–Crippen LogP) is 2.52. The van der Waals surface area contributed by atoms with Gasteiger partial charge in [-0.1, -0.05) is 18.6 Å². The number of nitrogens with zero attached hydrogens (tertiary/aromatic N) is 1. The normalized spacial score (nSPS) is 15.0. The molecule has 0 radical (unpaired) electrons. The van der Waals surface area contributed by atoms with Gasteiger partial charge in [-0.25, -0.2) is 13.6 Å². The number of benzene rings is 2. The third-order valence-electron chi connectivity index (χ3n) is 5.16. The third-order valence-corrected chi connectivity index (χ3v) is 6.09. The third kappa shape index (κ3) is 6.83. The van der Waals surface area contributed by atoms with Crippen molar-refractivity contribution in [3.63, 3.8) is 0 Å². The van der Waals surface area contributed by atoms with E-state index in [-0.39, 0.29) is 10.8 Å². The summed E-state index contributed by atoms with van der Waals surface area (Å²) in [4.78, 5) is 14.9. The first kappa shape index (κ1) is 22.3. The van der Waals surface area contributed by atoms with Crippen LogP contribution >= 0.6 is 0 Å². The number of primary sulfonamides is 1. The number of carbonyl (C=O) groups excluding carboxylic acids is 1. The number of amides is 1. The molecule has 0 spiro atoms. The van der Waals surface area contributed by atoms with E-state index >= 15 is 0 Å². The van der Waals surface area contributed by atoms with Crippen LogP contribution < -0.4 is 15.2 Å². The number of ether oxygens (including phenoxy) is 1. The van der Waals surface area contributed by atoms with Crippen LogP contribution in [0, 0.1) is 0 Å². The molecule has 0 saturated carbocycles. The second-order valence-electron chi connectivity index (χ2n) is 7.50. The predicted molar refractivity (Wildman–Crippen MR) is 116 cm³/mol. The highest BCUT2D eigenvalue weighted by atomic mass is 32.2. The maximum absolute atomic E-state index is 12.3. The van der Waals surface area contributed by atoms with Gasteiger partial charge in [0.15, 0.2) is 0 Å². The second-order valence-corrected chi connectivity index (χ2v) is 9.06. The highest BCUT2D eigenvalue weighted by Gasteiger charge is 2.10. The number of nitrogens with one attached hydrogen (secondary N) is 1. The van der Waals surface area contributed by atoms with Gasteiger partial charge in [-0.15, -0.1) is 0 Å². The van der Waals surface area contributed by atoms with E-state index in [2.05, 4.69) is 10.2 Å². The van der Waals surface area contributed by atoms with Crippen LogP contribution in [0.5, 0.6) is 5.75 Å². The van der Waals surface area contributed by atoms with Gasteiger partial charge in [0, 0.05) is 18.7 Å². The molecule has 2 aromatic carbocycles. The molecule has 30 heavy (non-hydrogen) atoms. The molecule has 1 heterocycles. The summed E-state index contributed by atoms with van der Waals surface area (Å²) in [5.74, 6) is 0.547. The first-order valence-corrected chi connectivity index (χ1v) is 11.8. The summed E-state index contributed by atoms with van der Waals surface area (Å²) >= 11 is 0. The fourth-order valence-electron chi connectivity index (χ4n) is 3.45. The molecule has 3 rings (SSSR count). The van der Waals surface area contributed by atoms with Crippen molar-refractivity contribution >= 4 is 15.9 Å². The molecular formula is C22H29N3O4S. The Hall–Kier alpha value is -2.42. The Labute approximate surface area is 178 Å². The van der Waals surface area contributed by atoms with Gasteiger partial charge >= 0.3 is 0 Å². The molecule has 2 aromatic rings. The van der Waals surface area contributed by atoms with Crippen molar-refractivity contribution in [1.29, 1.82) is 0 Å². The summed E-state index contributed by atoms with van der Waals surface area (Å²) in [7, 11) is -3.71. The molecule has 162 valence electrons. The molecule has 1 aliphatic rings. The van der Waals surface area contributed by atoms with Gasteiger partial charge < -0.3 is 15.0 Å². The summed E-state index contributed by atoms with van der Waals surface area (Å²) < 4.78 is 28.3. The average Bonchev–Trinajstić information content (AvgIpc) is 2.76. The van der Waals surface area contributed by atoms with Gasteiger partial charge in [0.2, 0.25) is 10.0 Å². The summed E-state index contributed by atoms with van der Waals surface area (Å²) in [6.45, 7) is 4.41. The van der Waals surface area contributed by atoms with Crippen LogP contribution in [0.1, 0.15) is 41.6 Å². The smallest absolute Gasteiger partial charge is 0.251 e. The zero-order valence-electron chi connectivity index (χ0n) is 17.0. The zero-order valence-corrected chi connectivity index (χ0v) is 17.9. The van der Waals surface area contributed by atoms with E-state index in [4.69, 9.17) is 9.88 Å². The number of rotatable bonds is 9. The maximum Gasteiger partial charge on any atom is 0.251 e. The van der Waals surface area contributed by atoms with E-state index in [1.165, 1.54) is 44.5 Å². The number of carbonyl (C=O) groups is 1.